The zero-order valence-corrected chi connectivity index (χ0v) is 14.9. The van der Waals surface area contributed by atoms with E-state index in [2.05, 4.69) is 19.2 Å². The van der Waals surface area contributed by atoms with Crippen LogP contribution >= 0.6 is 11.6 Å². The predicted octanol–water partition coefficient (Wildman–Crippen LogP) is 4.17. The maximum atomic E-state index is 11.9. The number of halogens is 1. The second-order valence-electron chi connectivity index (χ2n) is 5.82. The number of nitrogens with zero attached hydrogens (tertiary/aromatic N) is 1. The van der Waals surface area contributed by atoms with Crippen molar-refractivity contribution in [2.45, 2.75) is 19.8 Å². The fourth-order valence-corrected chi connectivity index (χ4v) is 2.33. The van der Waals surface area contributed by atoms with Gasteiger partial charge in [-0.15, -0.1) is 0 Å². The van der Waals surface area contributed by atoms with E-state index in [0.29, 0.717) is 11.6 Å². The highest BCUT2D eigenvalue weighted by Gasteiger charge is 2.18. The van der Waals surface area contributed by atoms with Gasteiger partial charge in [-0.25, -0.2) is 4.79 Å². The van der Waals surface area contributed by atoms with Crippen LogP contribution in [-0.2, 0) is 9.53 Å². The van der Waals surface area contributed by atoms with Gasteiger partial charge in [0.2, 0.25) is 0 Å². The Kier molecular flexibility index (Phi) is 6.30. The van der Waals surface area contributed by atoms with Crippen LogP contribution in [0.25, 0.3) is 0 Å². The maximum Gasteiger partial charge on any atom is 0.338 e. The number of benzene rings is 2. The summed E-state index contributed by atoms with van der Waals surface area (Å²) < 4.78 is 4.88. The smallest absolute Gasteiger partial charge is 0.338 e. The fourth-order valence-electron chi connectivity index (χ4n) is 2.14. The Balaban J connectivity index is 1.93. The van der Waals surface area contributed by atoms with Crippen molar-refractivity contribution in [2.75, 3.05) is 11.9 Å². The molecule has 0 heterocycles. The predicted molar refractivity (Wildman–Crippen MR) is 97.5 cm³/mol. The Hall–Kier alpha value is -2.93. The van der Waals surface area contributed by atoms with Crippen LogP contribution in [0.5, 0.6) is 0 Å². The average molecular weight is 377 g/mol. The third kappa shape index (κ3) is 5.03. The molecule has 0 aliphatic heterocycles. The molecule has 1 amide bonds. The van der Waals surface area contributed by atoms with Crippen LogP contribution in [0.1, 0.15) is 35.7 Å². The van der Waals surface area contributed by atoms with Crippen LogP contribution < -0.4 is 5.32 Å². The van der Waals surface area contributed by atoms with E-state index in [4.69, 9.17) is 16.3 Å². The molecule has 0 fully saturated rings. The zero-order chi connectivity index (χ0) is 19.3. The largest absolute Gasteiger partial charge is 0.452 e. The van der Waals surface area contributed by atoms with E-state index in [1.165, 1.54) is 12.1 Å². The Labute approximate surface area is 155 Å². The van der Waals surface area contributed by atoms with E-state index in [-0.39, 0.29) is 10.6 Å². The van der Waals surface area contributed by atoms with Crippen molar-refractivity contribution in [3.8, 4) is 0 Å². The molecule has 0 aliphatic carbocycles. The molecular formula is C18H17ClN2O5. The Morgan fingerprint density at radius 3 is 2.42 bits per heavy atom. The van der Waals surface area contributed by atoms with Crippen LogP contribution in [0.4, 0.5) is 11.4 Å². The minimum atomic E-state index is -0.852. The van der Waals surface area contributed by atoms with E-state index < -0.39 is 29.1 Å². The number of rotatable bonds is 6. The van der Waals surface area contributed by atoms with Gasteiger partial charge in [-0.1, -0.05) is 37.6 Å². The van der Waals surface area contributed by atoms with Gasteiger partial charge >= 0.3 is 5.97 Å². The van der Waals surface area contributed by atoms with Crippen LogP contribution in [0.15, 0.2) is 42.5 Å². The molecule has 0 radical (unpaired) electrons. The molecule has 2 aromatic rings. The first-order chi connectivity index (χ1) is 12.3. The van der Waals surface area contributed by atoms with E-state index in [0.717, 1.165) is 11.6 Å². The number of carbonyl (C=O) groups excluding carboxylic acids is 2. The van der Waals surface area contributed by atoms with Gasteiger partial charge in [-0.2, -0.15) is 0 Å². The molecule has 0 bridgehead atoms. The molecule has 7 nitrogen and oxygen atoms in total. The zero-order valence-electron chi connectivity index (χ0n) is 14.2. The van der Waals surface area contributed by atoms with Gasteiger partial charge in [-0.3, -0.25) is 14.9 Å². The summed E-state index contributed by atoms with van der Waals surface area (Å²) in [6.07, 6.45) is 0. The Morgan fingerprint density at radius 1 is 1.19 bits per heavy atom. The average Bonchev–Trinajstić information content (AvgIpc) is 2.60. The molecule has 2 aromatic carbocycles. The van der Waals surface area contributed by atoms with Gasteiger partial charge in [0.1, 0.15) is 5.02 Å². The Bertz CT molecular complexity index is 834. The molecule has 1 N–H and O–H groups in total. The first-order valence-corrected chi connectivity index (χ1v) is 8.16. The lowest BCUT2D eigenvalue weighted by molar-refractivity contribution is -0.384. The summed E-state index contributed by atoms with van der Waals surface area (Å²) in [7, 11) is 0. The lowest BCUT2D eigenvalue weighted by Gasteiger charge is -2.09. The van der Waals surface area contributed by atoms with Gasteiger partial charge in [-0.05, 0) is 35.7 Å². The first-order valence-electron chi connectivity index (χ1n) is 7.79. The first kappa shape index (κ1) is 19.4. The lowest BCUT2D eigenvalue weighted by Crippen LogP contribution is -2.21. The van der Waals surface area contributed by atoms with Crippen molar-refractivity contribution in [3.63, 3.8) is 0 Å². The topological polar surface area (TPSA) is 98.5 Å². The molecule has 2 rings (SSSR count). The highest BCUT2D eigenvalue weighted by Crippen LogP contribution is 2.25. The number of nitro benzene ring substituents is 1. The van der Waals surface area contributed by atoms with Crippen molar-refractivity contribution in [1.82, 2.24) is 0 Å². The standard InChI is InChI=1S/C18H17ClN2O5/c1-11(2)12-3-6-14(7-4-12)20-17(22)10-26-18(23)13-5-8-15(19)16(9-13)21(24)25/h3-9,11H,10H2,1-2H3,(H,20,22). The van der Waals surface area contributed by atoms with Crippen LogP contribution in [0.2, 0.25) is 5.02 Å². The number of nitrogens with one attached hydrogen (secondary N) is 1. The van der Waals surface area contributed by atoms with Crippen molar-refractivity contribution in [2.24, 2.45) is 0 Å². The van der Waals surface area contributed by atoms with Crippen molar-refractivity contribution >= 4 is 34.9 Å². The highest BCUT2D eigenvalue weighted by atomic mass is 35.5. The Morgan fingerprint density at radius 2 is 1.85 bits per heavy atom. The maximum absolute atomic E-state index is 11.9. The number of esters is 1. The summed E-state index contributed by atoms with van der Waals surface area (Å²) in [5.74, 6) is -0.988. The van der Waals surface area contributed by atoms with E-state index >= 15 is 0 Å². The molecule has 0 saturated heterocycles. The third-order valence-electron chi connectivity index (χ3n) is 3.57. The van der Waals surface area contributed by atoms with Crippen molar-refractivity contribution in [3.05, 3.63) is 68.7 Å². The van der Waals surface area contributed by atoms with Gasteiger partial charge < -0.3 is 10.1 Å². The number of amides is 1. The van der Waals surface area contributed by atoms with Gasteiger partial charge in [0, 0.05) is 11.8 Å². The van der Waals surface area contributed by atoms with Gasteiger partial charge in [0.25, 0.3) is 11.6 Å². The normalized spacial score (nSPS) is 10.5. The molecule has 0 unspecified atom stereocenters. The highest BCUT2D eigenvalue weighted by molar-refractivity contribution is 6.32. The molecule has 0 spiro atoms. The summed E-state index contributed by atoms with van der Waals surface area (Å²) >= 11 is 5.69. The summed E-state index contributed by atoms with van der Waals surface area (Å²) in [6, 6.07) is 10.9. The molecule has 0 aromatic heterocycles. The number of hydrogen-bond donors (Lipinski definition) is 1. The molecule has 0 atom stereocenters. The number of nitro groups is 1. The number of hydrogen-bond acceptors (Lipinski definition) is 5. The second-order valence-corrected chi connectivity index (χ2v) is 6.23. The number of anilines is 1. The quantitative estimate of drug-likeness (QED) is 0.463. The van der Waals surface area contributed by atoms with E-state index in [9.17, 15) is 19.7 Å². The lowest BCUT2D eigenvalue weighted by atomic mass is 10.0. The molecule has 0 aliphatic rings. The van der Waals surface area contributed by atoms with Crippen LogP contribution in [-0.4, -0.2) is 23.4 Å². The minimum absolute atomic E-state index is 0.0600. The van der Waals surface area contributed by atoms with E-state index in [1.54, 1.807) is 12.1 Å². The van der Waals surface area contributed by atoms with Crippen LogP contribution in [0.3, 0.4) is 0 Å². The van der Waals surface area contributed by atoms with Crippen molar-refractivity contribution < 1.29 is 19.2 Å². The summed E-state index contributed by atoms with van der Waals surface area (Å²) in [5, 5.41) is 13.4. The summed E-state index contributed by atoms with van der Waals surface area (Å²) in [5.41, 5.74) is 1.25. The third-order valence-corrected chi connectivity index (χ3v) is 3.89. The second kappa shape index (κ2) is 8.44. The SMILES string of the molecule is CC(C)c1ccc(NC(=O)COC(=O)c2ccc(Cl)c([N+](=O)[O-])c2)cc1. The van der Waals surface area contributed by atoms with E-state index in [1.807, 2.05) is 12.1 Å². The number of ether oxygens (including phenoxy) is 1. The van der Waals surface area contributed by atoms with Crippen LogP contribution in [0, 0.1) is 10.1 Å². The van der Waals surface area contributed by atoms with Gasteiger partial charge in [0.15, 0.2) is 6.61 Å². The molecular weight excluding hydrogens is 360 g/mol. The van der Waals surface area contributed by atoms with Gasteiger partial charge in [0.05, 0.1) is 10.5 Å². The molecule has 0 saturated carbocycles. The minimum Gasteiger partial charge on any atom is -0.452 e. The number of carbonyl (C=O) groups is 2. The van der Waals surface area contributed by atoms with Crippen molar-refractivity contribution in [1.29, 1.82) is 0 Å². The molecule has 8 heteroatoms. The molecule has 136 valence electrons. The molecule has 26 heavy (non-hydrogen) atoms. The monoisotopic (exact) mass is 376 g/mol. The summed E-state index contributed by atoms with van der Waals surface area (Å²) in [6.45, 7) is 3.61. The fraction of sp³-hybridized carbons (Fsp3) is 0.222. The summed E-state index contributed by atoms with van der Waals surface area (Å²) in [4.78, 5) is 34.0.